The van der Waals surface area contributed by atoms with E-state index in [2.05, 4.69) is 15.0 Å². The Labute approximate surface area is 173 Å². The highest BCUT2D eigenvalue weighted by Crippen LogP contribution is 2.37. The second-order valence-corrected chi connectivity index (χ2v) is 6.70. The molecule has 0 amide bonds. The number of H-pyrrole nitrogens is 1. The number of pyridine rings is 1. The van der Waals surface area contributed by atoms with Crippen molar-refractivity contribution in [3.8, 4) is 39.6 Å². The van der Waals surface area contributed by atoms with Crippen molar-refractivity contribution < 1.29 is 14.2 Å². The number of aromatic amines is 1. The molecule has 0 unspecified atom stereocenters. The maximum absolute atomic E-state index is 12.8. The largest absolute Gasteiger partial charge is 0.497 e. The van der Waals surface area contributed by atoms with Crippen LogP contribution in [0.4, 0.5) is 0 Å². The van der Waals surface area contributed by atoms with Gasteiger partial charge in [0.25, 0.3) is 5.56 Å². The Morgan fingerprint density at radius 3 is 2.17 bits per heavy atom. The maximum Gasteiger partial charge on any atom is 0.261 e. The molecule has 0 saturated heterocycles. The van der Waals surface area contributed by atoms with Gasteiger partial charge in [0, 0.05) is 22.8 Å². The molecule has 7 heteroatoms. The van der Waals surface area contributed by atoms with E-state index in [9.17, 15) is 4.79 Å². The lowest BCUT2D eigenvalue weighted by atomic mass is 9.99. The Morgan fingerprint density at radius 2 is 1.50 bits per heavy atom. The third-order valence-corrected chi connectivity index (χ3v) is 4.88. The molecule has 0 saturated carbocycles. The molecule has 2 aromatic carbocycles. The van der Waals surface area contributed by atoms with Gasteiger partial charge in [-0.2, -0.15) is 0 Å². The van der Waals surface area contributed by atoms with Gasteiger partial charge in [-0.25, -0.2) is 9.97 Å². The molecule has 7 nitrogen and oxygen atoms in total. The molecule has 30 heavy (non-hydrogen) atoms. The molecule has 0 aliphatic rings. The summed E-state index contributed by atoms with van der Waals surface area (Å²) in [4.78, 5) is 24.7. The summed E-state index contributed by atoms with van der Waals surface area (Å²) < 4.78 is 16.1. The van der Waals surface area contributed by atoms with E-state index >= 15 is 0 Å². The summed E-state index contributed by atoms with van der Waals surface area (Å²) in [6, 6.07) is 14.9. The van der Waals surface area contributed by atoms with Crippen molar-refractivity contribution in [3.05, 3.63) is 64.7 Å². The van der Waals surface area contributed by atoms with Crippen LogP contribution in [0, 0.1) is 6.92 Å². The SMILES string of the molecule is COc1ccc(-c2cc(-c3ccc(OC)cc3OC)c3c(=O)[nH]c(C)nc3n2)cc1. The summed E-state index contributed by atoms with van der Waals surface area (Å²) in [7, 11) is 4.80. The Morgan fingerprint density at radius 1 is 0.800 bits per heavy atom. The number of aromatic nitrogens is 3. The van der Waals surface area contributed by atoms with Gasteiger partial charge in [0.2, 0.25) is 0 Å². The first kappa shape index (κ1) is 19.4. The number of benzene rings is 2. The van der Waals surface area contributed by atoms with E-state index in [0.717, 1.165) is 16.9 Å². The first-order chi connectivity index (χ1) is 14.5. The zero-order valence-electron chi connectivity index (χ0n) is 17.1. The summed E-state index contributed by atoms with van der Waals surface area (Å²) >= 11 is 0. The Bertz CT molecular complexity index is 1280. The van der Waals surface area contributed by atoms with E-state index in [0.29, 0.717) is 39.6 Å². The summed E-state index contributed by atoms with van der Waals surface area (Å²) in [5, 5.41) is 0.404. The highest BCUT2D eigenvalue weighted by atomic mass is 16.5. The molecule has 4 aromatic rings. The van der Waals surface area contributed by atoms with Crippen molar-refractivity contribution in [2.75, 3.05) is 21.3 Å². The van der Waals surface area contributed by atoms with Gasteiger partial charge in [-0.1, -0.05) is 0 Å². The molecule has 0 aliphatic heterocycles. The predicted molar refractivity (Wildman–Crippen MR) is 115 cm³/mol. The Hall–Kier alpha value is -3.87. The van der Waals surface area contributed by atoms with E-state index in [1.165, 1.54) is 0 Å². The van der Waals surface area contributed by atoms with Gasteiger partial charge in [0.15, 0.2) is 5.65 Å². The van der Waals surface area contributed by atoms with Crippen LogP contribution >= 0.6 is 0 Å². The van der Waals surface area contributed by atoms with E-state index in [1.807, 2.05) is 42.5 Å². The minimum Gasteiger partial charge on any atom is -0.497 e. The number of aryl methyl sites for hydroxylation is 1. The van der Waals surface area contributed by atoms with Crippen LogP contribution in [0.1, 0.15) is 5.82 Å². The molecule has 0 atom stereocenters. The van der Waals surface area contributed by atoms with Gasteiger partial charge in [0.05, 0.1) is 32.4 Å². The van der Waals surface area contributed by atoms with Crippen molar-refractivity contribution in [3.63, 3.8) is 0 Å². The normalized spacial score (nSPS) is 10.8. The fraction of sp³-hybridized carbons (Fsp3) is 0.174. The van der Waals surface area contributed by atoms with Crippen molar-refractivity contribution in [2.24, 2.45) is 0 Å². The second kappa shape index (κ2) is 7.87. The van der Waals surface area contributed by atoms with E-state index in [-0.39, 0.29) is 5.56 Å². The summed E-state index contributed by atoms with van der Waals surface area (Å²) in [5.74, 6) is 2.50. The maximum atomic E-state index is 12.8. The summed E-state index contributed by atoms with van der Waals surface area (Å²) in [6.45, 7) is 1.73. The van der Waals surface area contributed by atoms with Gasteiger partial charge < -0.3 is 19.2 Å². The molecule has 0 aliphatic carbocycles. The highest BCUT2D eigenvalue weighted by molar-refractivity contribution is 5.96. The van der Waals surface area contributed by atoms with E-state index < -0.39 is 0 Å². The molecule has 152 valence electrons. The molecule has 0 fully saturated rings. The van der Waals surface area contributed by atoms with Crippen LogP contribution in [0.5, 0.6) is 17.2 Å². The molecular formula is C23H21N3O4. The van der Waals surface area contributed by atoms with Crippen molar-refractivity contribution >= 4 is 11.0 Å². The van der Waals surface area contributed by atoms with Crippen LogP contribution in [0.25, 0.3) is 33.4 Å². The average Bonchev–Trinajstić information content (AvgIpc) is 2.77. The zero-order valence-corrected chi connectivity index (χ0v) is 17.1. The van der Waals surface area contributed by atoms with E-state index in [1.54, 1.807) is 34.3 Å². The molecule has 0 radical (unpaired) electrons. The van der Waals surface area contributed by atoms with Gasteiger partial charge in [-0.15, -0.1) is 0 Å². The number of nitrogens with zero attached hydrogens (tertiary/aromatic N) is 2. The average molecular weight is 403 g/mol. The number of nitrogens with one attached hydrogen (secondary N) is 1. The smallest absolute Gasteiger partial charge is 0.261 e. The van der Waals surface area contributed by atoms with Crippen LogP contribution < -0.4 is 19.8 Å². The van der Waals surface area contributed by atoms with Gasteiger partial charge in [-0.3, -0.25) is 4.79 Å². The van der Waals surface area contributed by atoms with Gasteiger partial charge in [-0.05, 0) is 49.4 Å². The number of rotatable bonds is 5. The monoisotopic (exact) mass is 403 g/mol. The first-order valence-corrected chi connectivity index (χ1v) is 9.32. The second-order valence-electron chi connectivity index (χ2n) is 6.70. The van der Waals surface area contributed by atoms with Gasteiger partial charge >= 0.3 is 0 Å². The quantitative estimate of drug-likeness (QED) is 0.542. The molecule has 0 spiro atoms. The summed E-state index contributed by atoms with van der Waals surface area (Å²) in [5.41, 5.74) is 3.12. The lowest BCUT2D eigenvalue weighted by Gasteiger charge is -2.14. The molecule has 2 heterocycles. The Balaban J connectivity index is 2.03. The lowest BCUT2D eigenvalue weighted by Crippen LogP contribution is -2.12. The fourth-order valence-electron chi connectivity index (χ4n) is 3.39. The minimum atomic E-state index is -0.251. The standard InChI is InChI=1S/C23H21N3O4/c1-13-24-22-21(23(27)25-13)18(17-10-9-16(29-3)11-20(17)30-4)12-19(26-22)14-5-7-15(28-2)8-6-14/h5-12H,1-4H3,(H,24,25,26,27). The molecule has 2 aromatic heterocycles. The number of hydrogen-bond donors (Lipinski definition) is 1. The highest BCUT2D eigenvalue weighted by Gasteiger charge is 2.17. The van der Waals surface area contributed by atoms with Crippen LogP contribution in [0.2, 0.25) is 0 Å². The summed E-state index contributed by atoms with van der Waals surface area (Å²) in [6.07, 6.45) is 0. The zero-order chi connectivity index (χ0) is 21.3. The van der Waals surface area contributed by atoms with Crippen LogP contribution in [0.15, 0.2) is 53.3 Å². The van der Waals surface area contributed by atoms with Crippen LogP contribution in [-0.4, -0.2) is 36.3 Å². The number of ether oxygens (including phenoxy) is 3. The molecular weight excluding hydrogens is 382 g/mol. The molecule has 1 N–H and O–H groups in total. The Kier molecular flexibility index (Phi) is 5.10. The number of hydrogen-bond acceptors (Lipinski definition) is 6. The van der Waals surface area contributed by atoms with Crippen molar-refractivity contribution in [2.45, 2.75) is 6.92 Å². The number of methoxy groups -OCH3 is 3. The first-order valence-electron chi connectivity index (χ1n) is 9.32. The fourth-order valence-corrected chi connectivity index (χ4v) is 3.39. The van der Waals surface area contributed by atoms with E-state index in [4.69, 9.17) is 14.2 Å². The molecule has 0 bridgehead atoms. The third-order valence-electron chi connectivity index (χ3n) is 4.88. The van der Waals surface area contributed by atoms with Gasteiger partial charge in [0.1, 0.15) is 23.1 Å². The van der Waals surface area contributed by atoms with Crippen LogP contribution in [-0.2, 0) is 0 Å². The predicted octanol–water partition coefficient (Wildman–Crippen LogP) is 3.99. The molecule has 4 rings (SSSR count). The topological polar surface area (TPSA) is 86.3 Å². The minimum absolute atomic E-state index is 0.251. The third kappa shape index (κ3) is 3.45. The van der Waals surface area contributed by atoms with Crippen LogP contribution in [0.3, 0.4) is 0 Å². The van der Waals surface area contributed by atoms with Crippen molar-refractivity contribution in [1.82, 2.24) is 15.0 Å². The van der Waals surface area contributed by atoms with Crippen molar-refractivity contribution in [1.29, 1.82) is 0 Å². The number of fused-ring (bicyclic) bond motifs is 1. The lowest BCUT2D eigenvalue weighted by molar-refractivity contribution is 0.395.